The van der Waals surface area contributed by atoms with Gasteiger partial charge in [0.15, 0.2) is 11.6 Å². The number of nitrogens with two attached hydrogens (primary N) is 1. The standard InChI is InChI=1S/C26H25FN8O2/c1-29-9-14-35(28)25-22-21(20(27)16-32-25)19(15-31-22)23(36)26(37)33-11-7-17(8-12-33)24-30-10-13-34(24)18-5-3-2-4-6-18/h2-6,9-10,13-17,31H,1,7-8,11-12,28H2/b14-9-. The molecular weight excluding hydrogens is 475 g/mol. The molecule has 1 saturated heterocycles. The molecule has 0 saturated carbocycles. The van der Waals surface area contributed by atoms with E-state index in [4.69, 9.17) is 5.84 Å². The second-order valence-electron chi connectivity index (χ2n) is 8.66. The number of anilines is 1. The number of ketones is 1. The first-order chi connectivity index (χ1) is 18.0. The highest BCUT2D eigenvalue weighted by molar-refractivity contribution is 6.45. The van der Waals surface area contributed by atoms with Crippen LogP contribution in [-0.2, 0) is 4.79 Å². The third-order valence-electron chi connectivity index (χ3n) is 6.51. The van der Waals surface area contributed by atoms with Crippen LogP contribution in [0.4, 0.5) is 10.2 Å². The Morgan fingerprint density at radius 3 is 2.70 bits per heavy atom. The van der Waals surface area contributed by atoms with Crippen LogP contribution in [0.5, 0.6) is 0 Å². The zero-order valence-electron chi connectivity index (χ0n) is 19.9. The molecule has 0 atom stereocenters. The van der Waals surface area contributed by atoms with Crippen molar-refractivity contribution in [3.63, 3.8) is 0 Å². The van der Waals surface area contributed by atoms with E-state index in [1.54, 1.807) is 6.20 Å². The quantitative estimate of drug-likeness (QED) is 0.132. The maximum absolute atomic E-state index is 14.8. The minimum Gasteiger partial charge on any atom is -0.357 e. The molecule has 4 aromatic rings. The average Bonchev–Trinajstić information content (AvgIpc) is 3.60. The molecule has 10 nitrogen and oxygen atoms in total. The first-order valence-corrected chi connectivity index (χ1v) is 11.7. The zero-order chi connectivity index (χ0) is 25.9. The highest BCUT2D eigenvalue weighted by atomic mass is 19.1. The third kappa shape index (κ3) is 4.52. The zero-order valence-corrected chi connectivity index (χ0v) is 19.9. The number of carbonyl (C=O) groups excluding carboxylic acids is 2. The van der Waals surface area contributed by atoms with Crippen LogP contribution in [0.25, 0.3) is 16.6 Å². The number of hydrogen-bond acceptors (Lipinski definition) is 7. The number of amides is 1. The molecule has 5 rings (SSSR count). The number of aromatic amines is 1. The van der Waals surface area contributed by atoms with E-state index in [-0.39, 0.29) is 28.2 Å². The van der Waals surface area contributed by atoms with E-state index in [1.165, 1.54) is 23.5 Å². The van der Waals surface area contributed by atoms with Crippen LogP contribution < -0.4 is 10.9 Å². The first-order valence-electron chi connectivity index (χ1n) is 11.7. The number of imidazole rings is 1. The minimum absolute atomic E-state index is 0.0430. The lowest BCUT2D eigenvalue weighted by atomic mass is 9.95. The first kappa shape index (κ1) is 24.1. The highest BCUT2D eigenvalue weighted by Gasteiger charge is 2.32. The number of fused-ring (bicyclic) bond motifs is 1. The highest BCUT2D eigenvalue weighted by Crippen LogP contribution is 2.31. The van der Waals surface area contributed by atoms with Crippen molar-refractivity contribution in [2.24, 2.45) is 10.8 Å². The number of H-pyrrole nitrogens is 1. The van der Waals surface area contributed by atoms with Gasteiger partial charge in [-0.2, -0.15) is 0 Å². The Bertz CT molecular complexity index is 1490. The molecule has 0 bridgehead atoms. The number of piperidine rings is 1. The molecule has 1 amide bonds. The van der Waals surface area contributed by atoms with Crippen molar-refractivity contribution in [1.29, 1.82) is 0 Å². The number of carbonyl (C=O) groups is 2. The van der Waals surface area contributed by atoms with E-state index in [1.807, 2.05) is 36.5 Å². The summed E-state index contributed by atoms with van der Waals surface area (Å²) in [4.78, 5) is 42.8. The van der Waals surface area contributed by atoms with Crippen molar-refractivity contribution in [1.82, 2.24) is 24.4 Å². The van der Waals surface area contributed by atoms with Crippen molar-refractivity contribution < 1.29 is 14.0 Å². The van der Waals surface area contributed by atoms with Gasteiger partial charge in [0.05, 0.1) is 22.7 Å². The van der Waals surface area contributed by atoms with Crippen LogP contribution in [0, 0.1) is 5.82 Å². The number of aliphatic imine (C=N–C) groups is 1. The molecule has 0 aliphatic carbocycles. The number of aromatic nitrogens is 4. The molecular formula is C26H25FN8O2. The predicted octanol–water partition coefficient (Wildman–Crippen LogP) is 3.33. The van der Waals surface area contributed by atoms with Crippen LogP contribution >= 0.6 is 0 Å². The molecule has 1 aliphatic heterocycles. The molecule has 1 fully saturated rings. The summed E-state index contributed by atoms with van der Waals surface area (Å²) >= 11 is 0. The number of pyridine rings is 1. The monoisotopic (exact) mass is 500 g/mol. The van der Waals surface area contributed by atoms with Gasteiger partial charge in [-0.25, -0.2) is 20.2 Å². The normalized spacial score (nSPS) is 14.4. The summed E-state index contributed by atoms with van der Waals surface area (Å²) in [5, 5.41) is 1.08. The SMILES string of the molecule is C=N/C=C\N(N)c1ncc(F)c2c(C(=O)C(=O)N3CCC(c4nccn4-c4ccccc4)CC3)c[nH]c12. The van der Waals surface area contributed by atoms with Gasteiger partial charge < -0.3 is 14.5 Å². The number of para-hydroxylation sites is 1. The smallest absolute Gasteiger partial charge is 0.295 e. The number of halogens is 1. The second-order valence-corrected chi connectivity index (χ2v) is 8.66. The number of hydrogen-bond donors (Lipinski definition) is 2. The lowest BCUT2D eigenvalue weighted by molar-refractivity contribution is -0.127. The average molecular weight is 501 g/mol. The van der Waals surface area contributed by atoms with Crippen LogP contribution in [0.2, 0.25) is 0 Å². The van der Waals surface area contributed by atoms with Gasteiger partial charge in [-0.05, 0) is 31.7 Å². The predicted molar refractivity (Wildman–Crippen MR) is 138 cm³/mol. The number of likely N-dealkylation sites (tertiary alicyclic amines) is 1. The van der Waals surface area contributed by atoms with Gasteiger partial charge in [0.1, 0.15) is 5.82 Å². The van der Waals surface area contributed by atoms with Gasteiger partial charge in [0.2, 0.25) is 0 Å². The summed E-state index contributed by atoms with van der Waals surface area (Å²) < 4.78 is 16.8. The largest absolute Gasteiger partial charge is 0.357 e. The van der Waals surface area contributed by atoms with Crippen molar-refractivity contribution in [3.05, 3.63) is 84.7 Å². The minimum atomic E-state index is -0.793. The van der Waals surface area contributed by atoms with Crippen molar-refractivity contribution >= 4 is 35.1 Å². The third-order valence-corrected chi connectivity index (χ3v) is 6.51. The van der Waals surface area contributed by atoms with Crippen LogP contribution in [0.1, 0.15) is 34.9 Å². The Labute approximate surface area is 211 Å². The van der Waals surface area contributed by atoms with E-state index in [9.17, 15) is 14.0 Å². The summed E-state index contributed by atoms with van der Waals surface area (Å²) in [6.07, 6.45) is 10.00. The fourth-order valence-electron chi connectivity index (χ4n) is 4.68. The molecule has 37 heavy (non-hydrogen) atoms. The second kappa shape index (κ2) is 10.2. The Balaban J connectivity index is 1.33. The van der Waals surface area contributed by atoms with Gasteiger partial charge in [-0.1, -0.05) is 18.2 Å². The lowest BCUT2D eigenvalue weighted by Gasteiger charge is -2.31. The van der Waals surface area contributed by atoms with Gasteiger partial charge >= 0.3 is 0 Å². The molecule has 0 spiro atoms. The molecule has 0 unspecified atom stereocenters. The number of benzene rings is 1. The van der Waals surface area contributed by atoms with E-state index < -0.39 is 17.5 Å². The Hall–Kier alpha value is -4.64. The number of nitrogens with zero attached hydrogens (tertiary/aromatic N) is 6. The van der Waals surface area contributed by atoms with Gasteiger partial charge in [0.25, 0.3) is 11.7 Å². The van der Waals surface area contributed by atoms with E-state index in [0.717, 1.165) is 22.7 Å². The van der Waals surface area contributed by atoms with E-state index in [0.29, 0.717) is 25.9 Å². The van der Waals surface area contributed by atoms with Crippen LogP contribution in [-0.4, -0.2) is 55.9 Å². The summed E-state index contributed by atoms with van der Waals surface area (Å²) in [5.74, 6) is 4.97. The van der Waals surface area contributed by atoms with Crippen molar-refractivity contribution in [3.8, 4) is 5.69 Å². The molecule has 3 N–H and O–H groups in total. The molecule has 4 heterocycles. The number of hydrazine groups is 1. The summed E-state index contributed by atoms with van der Waals surface area (Å²) in [5.41, 5.74) is 1.15. The van der Waals surface area contributed by atoms with Gasteiger partial charge in [0, 0.05) is 55.7 Å². The Morgan fingerprint density at radius 1 is 1.22 bits per heavy atom. The van der Waals surface area contributed by atoms with Crippen molar-refractivity contribution in [2.45, 2.75) is 18.8 Å². The molecule has 1 aromatic carbocycles. The van der Waals surface area contributed by atoms with Crippen molar-refractivity contribution in [2.75, 3.05) is 18.1 Å². The summed E-state index contributed by atoms with van der Waals surface area (Å²) in [7, 11) is 0. The Morgan fingerprint density at radius 2 is 1.97 bits per heavy atom. The molecule has 188 valence electrons. The summed E-state index contributed by atoms with van der Waals surface area (Å²) in [6.45, 7) is 4.12. The summed E-state index contributed by atoms with van der Waals surface area (Å²) in [6, 6.07) is 9.93. The fourth-order valence-corrected chi connectivity index (χ4v) is 4.68. The topological polar surface area (TPSA) is 126 Å². The van der Waals surface area contributed by atoms with E-state index >= 15 is 0 Å². The molecule has 0 radical (unpaired) electrons. The van der Waals surface area contributed by atoms with Crippen LogP contribution in [0.15, 0.2) is 72.5 Å². The lowest BCUT2D eigenvalue weighted by Crippen LogP contribution is -2.42. The van der Waals surface area contributed by atoms with Crippen LogP contribution in [0.3, 0.4) is 0 Å². The maximum Gasteiger partial charge on any atom is 0.295 e. The maximum atomic E-state index is 14.8. The van der Waals surface area contributed by atoms with Gasteiger partial charge in [-0.15, -0.1) is 0 Å². The Kier molecular flexibility index (Phi) is 6.60. The van der Waals surface area contributed by atoms with E-state index in [2.05, 4.69) is 31.2 Å². The number of Topliss-reactive ketones (excluding diaryl/α,β-unsaturated/α-hetero) is 1. The molecule has 1 aliphatic rings. The fraction of sp³-hybridized carbons (Fsp3) is 0.192. The molecule has 3 aromatic heterocycles. The molecule has 11 heteroatoms. The number of nitrogens with one attached hydrogen (secondary N) is 1. The number of rotatable bonds is 7. The van der Waals surface area contributed by atoms with Gasteiger partial charge in [-0.3, -0.25) is 19.6 Å².